The number of nitrogens with zero attached hydrogens (tertiary/aromatic N) is 2. The maximum Gasteiger partial charge on any atom is 0.354 e. The molecule has 4 unspecified atom stereocenters. The topological polar surface area (TPSA) is 210 Å². The number of anilines is 2. The number of nitrogens with two attached hydrogens (primary N) is 2. The number of aryl methyl sites for hydroxylation is 2. The summed E-state index contributed by atoms with van der Waals surface area (Å²) in [4.78, 5) is 27.0. The first-order chi connectivity index (χ1) is 26.6. The number of halogens is 2. The van der Waals surface area contributed by atoms with Crippen molar-refractivity contribution in [3.8, 4) is 0 Å². The van der Waals surface area contributed by atoms with E-state index in [9.17, 15) is 28.2 Å². The molecular weight excluding hydrogens is 815 g/mol. The molecule has 0 fully saturated rings. The quantitative estimate of drug-likeness (QED) is 0.111. The van der Waals surface area contributed by atoms with Gasteiger partial charge in [0.05, 0.1) is 11.2 Å². The number of hydrogen-bond donors (Lipinski definition) is 6. The minimum Gasteiger partial charge on any atom is -0.386 e. The van der Waals surface area contributed by atoms with Gasteiger partial charge in [-0.1, -0.05) is 12.1 Å². The highest BCUT2D eigenvalue weighted by atomic mass is 32.2. The number of thiophene rings is 2. The van der Waals surface area contributed by atoms with Crippen LogP contribution in [0.4, 0.5) is 29.7 Å². The Balaban J connectivity index is 1.08. The van der Waals surface area contributed by atoms with Crippen molar-refractivity contribution >= 4 is 65.9 Å². The van der Waals surface area contributed by atoms with Crippen LogP contribution in [0, 0.1) is 17.6 Å². The molecule has 12 nitrogen and oxygen atoms in total. The van der Waals surface area contributed by atoms with Crippen LogP contribution in [0.5, 0.6) is 0 Å². The summed E-state index contributed by atoms with van der Waals surface area (Å²) in [5.41, 5.74) is 6.27. The number of aliphatic hydroxyl groups is 2. The molecule has 0 radical (unpaired) electrons. The van der Waals surface area contributed by atoms with Crippen molar-refractivity contribution < 1.29 is 37.0 Å². The molecule has 0 spiro atoms. The maximum atomic E-state index is 15.2. The Kier molecular flexibility index (Phi) is 9.87. The van der Waals surface area contributed by atoms with Crippen molar-refractivity contribution in [3.05, 3.63) is 90.2 Å². The molecule has 4 aliphatic carbocycles. The maximum absolute atomic E-state index is 15.2. The molecule has 0 saturated heterocycles. The lowest BCUT2D eigenvalue weighted by molar-refractivity contribution is 0.0741. The summed E-state index contributed by atoms with van der Waals surface area (Å²) in [6.45, 7) is 5.56. The van der Waals surface area contributed by atoms with Crippen molar-refractivity contribution in [2.75, 3.05) is 10.6 Å². The van der Waals surface area contributed by atoms with Gasteiger partial charge in [-0.05, 0) is 142 Å². The van der Waals surface area contributed by atoms with Gasteiger partial charge in [0.1, 0.15) is 0 Å². The molecule has 4 aliphatic rings. The Morgan fingerprint density at radius 2 is 1.19 bits per heavy atom. The van der Waals surface area contributed by atoms with E-state index >= 15 is 8.78 Å². The predicted molar refractivity (Wildman–Crippen MR) is 217 cm³/mol. The number of carbonyl (C=O) groups excluding carboxylic acids is 2. The average Bonchev–Trinajstić information content (AvgIpc) is 3.91. The SMILES string of the molecule is CC(C)(O)c1csc(S(N)(=O)=NC(=O)Nc2c3c(cc4c2CC(C2Cc5cc6c(c(NC(=O)N=S(N)(=O)c7scc(C(C)(C)O)c7F)c52)CCC6)C4)CCC3)c1F. The second kappa shape index (κ2) is 14.0. The monoisotopic (exact) mass is 858 g/mol. The Labute approximate surface area is 338 Å². The lowest BCUT2D eigenvalue weighted by Crippen LogP contribution is -2.29. The number of rotatable bonds is 7. The first-order valence-electron chi connectivity index (χ1n) is 18.7. The number of carbonyl (C=O) groups is 2. The molecule has 0 saturated carbocycles. The molecule has 2 heterocycles. The van der Waals surface area contributed by atoms with Crippen molar-refractivity contribution in [1.29, 1.82) is 0 Å². The van der Waals surface area contributed by atoms with Crippen molar-refractivity contribution in [2.45, 2.75) is 111 Å². The highest BCUT2D eigenvalue weighted by Gasteiger charge is 2.42. The normalized spacial score (nSPS) is 20.4. The molecule has 4 aromatic rings. The summed E-state index contributed by atoms with van der Waals surface area (Å²) < 4.78 is 64.1. The number of nitrogens with one attached hydrogen (secondary N) is 2. The Morgan fingerprint density at radius 1 is 0.719 bits per heavy atom. The number of hydrogen-bond acceptors (Lipinski definition) is 8. The summed E-state index contributed by atoms with van der Waals surface area (Å²) in [5.74, 6) is -1.79. The molecule has 2 aromatic heterocycles. The van der Waals surface area contributed by atoms with Gasteiger partial charge in [-0.15, -0.1) is 31.4 Å². The van der Waals surface area contributed by atoms with E-state index in [1.54, 1.807) is 0 Å². The summed E-state index contributed by atoms with van der Waals surface area (Å²) in [6, 6.07) is 2.48. The van der Waals surface area contributed by atoms with E-state index < -0.39 is 63.1 Å². The highest BCUT2D eigenvalue weighted by Crippen LogP contribution is 2.53. The lowest BCUT2D eigenvalue weighted by atomic mass is 9.67. The third-order valence-corrected chi connectivity index (χ3v) is 17.4. The molecule has 2 aromatic carbocycles. The first-order valence-corrected chi connectivity index (χ1v) is 23.6. The zero-order valence-corrected chi connectivity index (χ0v) is 35.1. The zero-order valence-electron chi connectivity index (χ0n) is 31.8. The van der Waals surface area contributed by atoms with Gasteiger partial charge in [0, 0.05) is 33.3 Å². The largest absolute Gasteiger partial charge is 0.386 e. The predicted octanol–water partition coefficient (Wildman–Crippen LogP) is 7.44. The van der Waals surface area contributed by atoms with E-state index in [2.05, 4.69) is 31.5 Å². The van der Waals surface area contributed by atoms with Gasteiger partial charge in [0.25, 0.3) is 0 Å². The summed E-state index contributed by atoms with van der Waals surface area (Å²) in [7, 11) is -7.98. The second-order valence-corrected chi connectivity index (χ2v) is 22.2. The van der Waals surface area contributed by atoms with Gasteiger partial charge in [-0.2, -0.15) is 0 Å². The molecule has 0 aliphatic heterocycles. The smallest absolute Gasteiger partial charge is 0.354 e. The van der Waals surface area contributed by atoms with Crippen molar-refractivity contribution in [2.24, 2.45) is 24.9 Å². The van der Waals surface area contributed by atoms with Gasteiger partial charge < -0.3 is 20.8 Å². The minimum absolute atomic E-state index is 0.0255. The molecule has 0 bridgehead atoms. The molecule has 4 atom stereocenters. The number of urea groups is 2. The van der Waals surface area contributed by atoms with E-state index in [0.717, 1.165) is 112 Å². The van der Waals surface area contributed by atoms with Crippen LogP contribution in [0.2, 0.25) is 0 Å². The highest BCUT2D eigenvalue weighted by molar-refractivity contribution is 7.94. The molecule has 57 heavy (non-hydrogen) atoms. The first kappa shape index (κ1) is 40.2. The minimum atomic E-state index is -3.99. The molecule has 4 amide bonds. The fourth-order valence-corrected chi connectivity index (χ4v) is 13.7. The van der Waals surface area contributed by atoms with Crippen LogP contribution in [0.15, 0.2) is 40.0 Å². The molecular formula is C39H44F2N6O6S4. The van der Waals surface area contributed by atoms with Crippen LogP contribution in [-0.4, -0.2) is 30.7 Å². The molecule has 304 valence electrons. The van der Waals surface area contributed by atoms with Gasteiger partial charge in [0.2, 0.25) is 0 Å². The fraction of sp³-hybridized carbons (Fsp3) is 0.436. The van der Waals surface area contributed by atoms with E-state index in [0.29, 0.717) is 24.2 Å². The molecule has 8 rings (SSSR count). The second-order valence-electron chi connectivity index (χ2n) is 16.5. The van der Waals surface area contributed by atoms with E-state index in [1.807, 2.05) is 0 Å². The van der Waals surface area contributed by atoms with E-state index in [1.165, 1.54) is 38.5 Å². The van der Waals surface area contributed by atoms with E-state index in [4.69, 9.17) is 10.3 Å². The Morgan fingerprint density at radius 3 is 1.68 bits per heavy atom. The van der Waals surface area contributed by atoms with Crippen LogP contribution in [0.3, 0.4) is 0 Å². The zero-order chi connectivity index (χ0) is 41.0. The van der Waals surface area contributed by atoms with Gasteiger partial charge >= 0.3 is 12.1 Å². The summed E-state index contributed by atoms with van der Waals surface area (Å²) in [5, 5.41) is 41.0. The third kappa shape index (κ3) is 7.15. The Hall–Kier alpha value is -3.62. The van der Waals surface area contributed by atoms with Crippen LogP contribution in [0.1, 0.15) is 102 Å². The van der Waals surface area contributed by atoms with Crippen molar-refractivity contribution in [3.63, 3.8) is 0 Å². The Bertz CT molecular complexity index is 2660. The fourth-order valence-electron chi connectivity index (χ4n) is 8.95. The van der Waals surface area contributed by atoms with Crippen LogP contribution in [-0.2, 0) is 76.0 Å². The van der Waals surface area contributed by atoms with Crippen LogP contribution < -0.4 is 20.9 Å². The third-order valence-electron chi connectivity index (χ3n) is 11.6. The number of fused-ring (bicyclic) bond motifs is 4. The van der Waals surface area contributed by atoms with Gasteiger partial charge in [-0.25, -0.2) is 37.1 Å². The molecule has 8 N–H and O–H groups in total. The van der Waals surface area contributed by atoms with Crippen LogP contribution in [0.25, 0.3) is 0 Å². The summed E-state index contributed by atoms with van der Waals surface area (Å²) in [6.07, 6.45) is 7.01. The van der Waals surface area contributed by atoms with Gasteiger partial charge in [0.15, 0.2) is 39.9 Å². The van der Waals surface area contributed by atoms with Gasteiger partial charge in [-0.3, -0.25) is 0 Å². The standard InChI is InChI=1S/C39H44F2N6O6S4/c1-38(2,50)27-16-54-34(30(27)40)56(42,52)46-36(48)44-32-23-9-5-7-18(23)11-20-13-21(14-26(20)32)25-15-22-12-19-8-6-10-24(19)33(29(22)25)45-37(49)47-57(43,53)35-31(41)28(17-55-35)39(3,4)51/h11-12,16-17,21,25,50-51H,5-10,13-15H2,1-4H3,(H3,42,44,46,48,52)(H3,43,45,47,49,53). The number of amides is 4. The lowest BCUT2D eigenvalue weighted by Gasteiger charge is -2.38. The summed E-state index contributed by atoms with van der Waals surface area (Å²) >= 11 is 1.47. The number of benzene rings is 2. The average molecular weight is 859 g/mol. The van der Waals surface area contributed by atoms with Crippen LogP contribution >= 0.6 is 22.7 Å². The van der Waals surface area contributed by atoms with E-state index in [-0.39, 0.29) is 23.0 Å². The van der Waals surface area contributed by atoms with Crippen molar-refractivity contribution in [1.82, 2.24) is 0 Å². The molecule has 18 heteroatoms.